The number of nitrogens with zero attached hydrogens (tertiary/aromatic N) is 1. The van der Waals surface area contributed by atoms with E-state index < -0.39 is 0 Å². The molecule has 1 aromatic rings. The molecule has 2 aliphatic rings. The molecule has 1 aliphatic carbocycles. The Morgan fingerprint density at radius 3 is 2.72 bits per heavy atom. The Bertz CT molecular complexity index is 549. The van der Waals surface area contributed by atoms with Crippen LogP contribution >= 0.6 is 12.4 Å². The minimum Gasteiger partial charge on any atom is -0.352 e. The summed E-state index contributed by atoms with van der Waals surface area (Å²) in [7, 11) is 0. The Labute approximate surface area is 156 Å². The molecule has 1 heterocycles. The van der Waals surface area contributed by atoms with Crippen molar-refractivity contribution in [2.45, 2.75) is 50.6 Å². The highest BCUT2D eigenvalue weighted by molar-refractivity contribution is 5.85. The van der Waals surface area contributed by atoms with Gasteiger partial charge in [-0.05, 0) is 30.5 Å². The van der Waals surface area contributed by atoms with E-state index in [1.165, 1.54) is 31.7 Å². The molecule has 2 fully saturated rings. The highest BCUT2D eigenvalue weighted by atomic mass is 35.5. The first kappa shape index (κ1) is 20.1. The molecule has 0 bridgehead atoms. The van der Waals surface area contributed by atoms with Gasteiger partial charge >= 0.3 is 0 Å². The fourth-order valence-electron chi connectivity index (χ4n) is 3.86. The van der Waals surface area contributed by atoms with Crippen LogP contribution in [0.25, 0.3) is 0 Å². The highest BCUT2D eigenvalue weighted by Crippen LogP contribution is 2.23. The SMILES string of the molecule is Cl.O=C(CN1CCNCC1c1cccc(F)c1)NC1CCCCCC1. The first-order chi connectivity index (χ1) is 11.7. The van der Waals surface area contributed by atoms with Crippen molar-refractivity contribution >= 4 is 18.3 Å². The van der Waals surface area contributed by atoms with Crippen LogP contribution in [0.1, 0.15) is 50.1 Å². The Hall–Kier alpha value is -1.17. The highest BCUT2D eigenvalue weighted by Gasteiger charge is 2.26. The minimum absolute atomic E-state index is 0. The van der Waals surface area contributed by atoms with Crippen LogP contribution in [0.4, 0.5) is 4.39 Å². The molecule has 0 spiro atoms. The van der Waals surface area contributed by atoms with Gasteiger partial charge in [0.1, 0.15) is 5.82 Å². The van der Waals surface area contributed by atoms with E-state index >= 15 is 0 Å². The van der Waals surface area contributed by atoms with Crippen LogP contribution in [-0.4, -0.2) is 43.0 Å². The maximum Gasteiger partial charge on any atom is 0.234 e. The summed E-state index contributed by atoms with van der Waals surface area (Å²) in [6.45, 7) is 2.81. The molecule has 1 saturated carbocycles. The van der Waals surface area contributed by atoms with E-state index in [0.717, 1.165) is 38.0 Å². The van der Waals surface area contributed by atoms with Crippen molar-refractivity contribution < 1.29 is 9.18 Å². The topological polar surface area (TPSA) is 44.4 Å². The monoisotopic (exact) mass is 369 g/mol. The quantitative estimate of drug-likeness (QED) is 0.802. The van der Waals surface area contributed by atoms with E-state index in [-0.39, 0.29) is 30.2 Å². The second-order valence-electron chi connectivity index (χ2n) is 7.00. The summed E-state index contributed by atoms with van der Waals surface area (Å²) in [6, 6.07) is 7.10. The second-order valence-corrected chi connectivity index (χ2v) is 7.00. The molecule has 3 rings (SSSR count). The molecule has 0 aromatic heterocycles. The molecule has 1 aromatic carbocycles. The molecule has 1 aliphatic heterocycles. The number of nitrogens with one attached hydrogen (secondary N) is 2. The fourth-order valence-corrected chi connectivity index (χ4v) is 3.86. The molecular weight excluding hydrogens is 341 g/mol. The van der Waals surface area contributed by atoms with Crippen LogP contribution in [0.3, 0.4) is 0 Å². The minimum atomic E-state index is -0.221. The molecule has 140 valence electrons. The first-order valence-electron chi connectivity index (χ1n) is 9.22. The largest absolute Gasteiger partial charge is 0.352 e. The molecule has 1 atom stereocenters. The Kier molecular flexibility index (Phi) is 8.13. The molecule has 6 heteroatoms. The lowest BCUT2D eigenvalue weighted by molar-refractivity contribution is -0.123. The fraction of sp³-hybridized carbons (Fsp3) is 0.632. The third-order valence-corrected chi connectivity index (χ3v) is 5.15. The number of carbonyl (C=O) groups excluding carboxylic acids is 1. The van der Waals surface area contributed by atoms with Crippen molar-refractivity contribution in [3.05, 3.63) is 35.6 Å². The van der Waals surface area contributed by atoms with Crippen LogP contribution < -0.4 is 10.6 Å². The number of rotatable bonds is 4. The average Bonchev–Trinajstić information content (AvgIpc) is 2.84. The molecule has 1 saturated heterocycles. The van der Waals surface area contributed by atoms with Crippen LogP contribution in [0, 0.1) is 5.82 Å². The molecule has 0 radical (unpaired) electrons. The first-order valence-corrected chi connectivity index (χ1v) is 9.22. The van der Waals surface area contributed by atoms with Gasteiger partial charge in [-0.1, -0.05) is 37.8 Å². The zero-order chi connectivity index (χ0) is 16.8. The summed E-state index contributed by atoms with van der Waals surface area (Å²) < 4.78 is 13.5. The zero-order valence-electron chi connectivity index (χ0n) is 14.7. The summed E-state index contributed by atoms with van der Waals surface area (Å²) in [5, 5.41) is 6.56. The maximum atomic E-state index is 13.5. The van der Waals surface area contributed by atoms with Gasteiger partial charge < -0.3 is 10.6 Å². The van der Waals surface area contributed by atoms with Crippen molar-refractivity contribution in [1.82, 2.24) is 15.5 Å². The van der Waals surface area contributed by atoms with E-state index in [4.69, 9.17) is 0 Å². The maximum absolute atomic E-state index is 13.5. The average molecular weight is 370 g/mol. The van der Waals surface area contributed by atoms with Gasteiger partial charge in [-0.3, -0.25) is 9.69 Å². The predicted octanol–water partition coefficient (Wildman–Crippen LogP) is 3.03. The summed E-state index contributed by atoms with van der Waals surface area (Å²) in [5.41, 5.74) is 0.935. The van der Waals surface area contributed by atoms with Gasteiger partial charge in [-0.15, -0.1) is 12.4 Å². The Balaban J connectivity index is 0.00000225. The number of hydrogen-bond acceptors (Lipinski definition) is 3. The van der Waals surface area contributed by atoms with Crippen LogP contribution in [0.5, 0.6) is 0 Å². The molecule has 2 N–H and O–H groups in total. The molecular formula is C19H29ClFN3O. The van der Waals surface area contributed by atoms with Crippen molar-refractivity contribution in [2.24, 2.45) is 0 Å². The molecule has 4 nitrogen and oxygen atoms in total. The smallest absolute Gasteiger partial charge is 0.234 e. The van der Waals surface area contributed by atoms with Crippen LogP contribution in [0.2, 0.25) is 0 Å². The molecule has 1 unspecified atom stereocenters. The second kappa shape index (κ2) is 10.1. The number of amides is 1. The van der Waals surface area contributed by atoms with Gasteiger partial charge in [0.25, 0.3) is 0 Å². The van der Waals surface area contributed by atoms with Gasteiger partial charge in [0.2, 0.25) is 5.91 Å². The third kappa shape index (κ3) is 5.94. The predicted molar refractivity (Wildman–Crippen MR) is 100 cm³/mol. The van der Waals surface area contributed by atoms with Gasteiger partial charge in [0.15, 0.2) is 0 Å². The van der Waals surface area contributed by atoms with E-state index in [0.29, 0.717) is 12.6 Å². The molecule has 25 heavy (non-hydrogen) atoms. The van der Waals surface area contributed by atoms with Gasteiger partial charge in [-0.25, -0.2) is 4.39 Å². The Morgan fingerprint density at radius 1 is 1.24 bits per heavy atom. The number of hydrogen-bond donors (Lipinski definition) is 2. The van der Waals surface area contributed by atoms with Crippen LogP contribution in [-0.2, 0) is 4.79 Å². The number of halogens is 2. The normalized spacial score (nSPS) is 22.7. The lowest BCUT2D eigenvalue weighted by Gasteiger charge is -2.36. The lowest BCUT2D eigenvalue weighted by Crippen LogP contribution is -2.50. The van der Waals surface area contributed by atoms with E-state index in [9.17, 15) is 9.18 Å². The summed E-state index contributed by atoms with van der Waals surface area (Å²) >= 11 is 0. The summed E-state index contributed by atoms with van der Waals surface area (Å²) in [6.07, 6.45) is 7.19. The third-order valence-electron chi connectivity index (χ3n) is 5.15. The standard InChI is InChI=1S/C19H28FN3O.ClH/c20-16-7-5-6-15(12-16)18-13-21-10-11-23(18)14-19(24)22-17-8-3-1-2-4-9-17;/h5-7,12,17-18,21H,1-4,8-11,13-14H2,(H,22,24);1H. The van der Waals surface area contributed by atoms with E-state index in [1.54, 1.807) is 12.1 Å². The van der Waals surface area contributed by atoms with E-state index in [2.05, 4.69) is 15.5 Å². The summed E-state index contributed by atoms with van der Waals surface area (Å²) in [4.78, 5) is 14.7. The van der Waals surface area contributed by atoms with Crippen molar-refractivity contribution in [3.63, 3.8) is 0 Å². The van der Waals surface area contributed by atoms with E-state index in [1.807, 2.05) is 6.07 Å². The van der Waals surface area contributed by atoms with Crippen molar-refractivity contribution in [2.75, 3.05) is 26.2 Å². The van der Waals surface area contributed by atoms with Gasteiger partial charge in [0, 0.05) is 31.7 Å². The number of piperazine rings is 1. The van der Waals surface area contributed by atoms with Crippen molar-refractivity contribution in [1.29, 1.82) is 0 Å². The summed E-state index contributed by atoms with van der Waals surface area (Å²) in [5.74, 6) is -0.119. The number of benzene rings is 1. The zero-order valence-corrected chi connectivity index (χ0v) is 15.5. The van der Waals surface area contributed by atoms with Gasteiger partial charge in [-0.2, -0.15) is 0 Å². The Morgan fingerprint density at radius 2 is 2.00 bits per heavy atom. The van der Waals surface area contributed by atoms with Crippen LogP contribution in [0.15, 0.2) is 24.3 Å². The molecule has 1 amide bonds. The lowest BCUT2D eigenvalue weighted by atomic mass is 10.0. The van der Waals surface area contributed by atoms with Crippen molar-refractivity contribution in [3.8, 4) is 0 Å². The van der Waals surface area contributed by atoms with Gasteiger partial charge in [0.05, 0.1) is 6.54 Å². The number of carbonyl (C=O) groups is 1.